The molecule has 0 aliphatic heterocycles. The Balaban J connectivity index is 1.70. The molecular weight excluding hydrogens is 454 g/mol. The minimum Gasteiger partial charge on any atom is -0.498 e. The van der Waals surface area contributed by atoms with Gasteiger partial charge in [0.25, 0.3) is 0 Å². The van der Waals surface area contributed by atoms with Gasteiger partial charge in [-0.1, -0.05) is 24.3 Å². The molecule has 1 aromatic heterocycles. The van der Waals surface area contributed by atoms with E-state index in [0.717, 1.165) is 33.3 Å². The van der Waals surface area contributed by atoms with Crippen LogP contribution < -0.4 is 9.47 Å². The molecule has 7 nitrogen and oxygen atoms in total. The van der Waals surface area contributed by atoms with Crippen LogP contribution in [-0.2, 0) is 22.6 Å². The Morgan fingerprint density at radius 2 is 1.89 bits per heavy atom. The fraction of sp³-hybridized carbons (Fsp3) is 0.276. The summed E-state index contributed by atoms with van der Waals surface area (Å²) >= 11 is 0. The van der Waals surface area contributed by atoms with E-state index >= 15 is 0 Å². The number of fused-ring (bicyclic) bond motifs is 1. The highest BCUT2D eigenvalue weighted by atomic mass is 16.5. The maximum Gasteiger partial charge on any atom is 0.310 e. The van der Waals surface area contributed by atoms with Crippen LogP contribution in [0.3, 0.4) is 0 Å². The van der Waals surface area contributed by atoms with Crippen molar-refractivity contribution in [2.24, 2.45) is 0 Å². The van der Waals surface area contributed by atoms with Gasteiger partial charge in [0.05, 0.1) is 32.2 Å². The van der Waals surface area contributed by atoms with E-state index in [0.29, 0.717) is 23.8 Å². The Hall–Kier alpha value is -4.31. The number of benzene rings is 3. The van der Waals surface area contributed by atoms with Crippen LogP contribution in [0.2, 0.25) is 0 Å². The standard InChI is InChI=1S/C29H29N3O4/c1-6-35-29(33)16-21-9-7-8-10-28(21)36-18-26-25-15-20(11-12-27(25)32(31-26)19(2)3)22-13-23(30-4)17-24(14-22)34-5/h7-15,17,19H,6,16,18H2,1-3,5H3. The van der Waals surface area contributed by atoms with Crippen LogP contribution in [0.4, 0.5) is 5.69 Å². The summed E-state index contributed by atoms with van der Waals surface area (Å²) in [5, 5.41) is 5.82. The number of hydrogen-bond acceptors (Lipinski definition) is 5. The lowest BCUT2D eigenvalue weighted by Gasteiger charge is -2.11. The predicted octanol–water partition coefficient (Wildman–Crippen LogP) is 6.53. The smallest absolute Gasteiger partial charge is 0.310 e. The highest BCUT2D eigenvalue weighted by molar-refractivity contribution is 5.88. The number of ether oxygens (including phenoxy) is 3. The molecule has 4 aromatic rings. The van der Waals surface area contributed by atoms with E-state index in [4.69, 9.17) is 25.9 Å². The number of carbonyl (C=O) groups excluding carboxylic acids is 1. The molecule has 0 aliphatic rings. The van der Waals surface area contributed by atoms with Gasteiger partial charge in [-0.15, -0.1) is 0 Å². The second-order valence-electron chi connectivity index (χ2n) is 8.63. The van der Waals surface area contributed by atoms with E-state index in [-0.39, 0.29) is 25.0 Å². The van der Waals surface area contributed by atoms with Gasteiger partial charge in [-0.25, -0.2) is 4.85 Å². The summed E-state index contributed by atoms with van der Waals surface area (Å²) in [5.74, 6) is 0.978. The molecule has 184 valence electrons. The van der Waals surface area contributed by atoms with Gasteiger partial charge in [-0.3, -0.25) is 9.48 Å². The number of rotatable bonds is 9. The minimum absolute atomic E-state index is 0.147. The van der Waals surface area contributed by atoms with E-state index in [2.05, 4.69) is 24.8 Å². The van der Waals surface area contributed by atoms with E-state index in [1.54, 1.807) is 20.1 Å². The van der Waals surface area contributed by atoms with Gasteiger partial charge in [0.2, 0.25) is 0 Å². The number of methoxy groups -OCH3 is 1. The molecule has 0 unspecified atom stereocenters. The SMILES string of the molecule is [C-]#[N+]c1cc(OC)cc(-c2ccc3c(c2)c(COc2ccccc2CC(=O)OCC)nn3C(C)C)c1. The van der Waals surface area contributed by atoms with Crippen molar-refractivity contribution in [3.63, 3.8) is 0 Å². The monoisotopic (exact) mass is 483 g/mol. The summed E-state index contributed by atoms with van der Waals surface area (Å²) in [6.07, 6.45) is 0.147. The normalized spacial score (nSPS) is 10.9. The first-order valence-corrected chi connectivity index (χ1v) is 11.9. The molecule has 7 heteroatoms. The lowest BCUT2D eigenvalue weighted by atomic mass is 10.0. The molecule has 0 N–H and O–H groups in total. The summed E-state index contributed by atoms with van der Waals surface area (Å²) in [4.78, 5) is 15.6. The van der Waals surface area contributed by atoms with Crippen LogP contribution in [0, 0.1) is 6.57 Å². The molecular formula is C29H29N3O4. The first-order valence-electron chi connectivity index (χ1n) is 11.9. The van der Waals surface area contributed by atoms with Crippen molar-refractivity contribution in [1.29, 1.82) is 0 Å². The molecule has 0 saturated carbocycles. The molecule has 0 atom stereocenters. The van der Waals surface area contributed by atoms with Crippen molar-refractivity contribution in [3.8, 4) is 22.6 Å². The first kappa shape index (κ1) is 24.8. The lowest BCUT2D eigenvalue weighted by Crippen LogP contribution is -2.09. The van der Waals surface area contributed by atoms with Crippen LogP contribution in [0.1, 0.15) is 38.1 Å². The Morgan fingerprint density at radius 1 is 1.08 bits per heavy atom. The number of aromatic nitrogens is 2. The zero-order valence-corrected chi connectivity index (χ0v) is 20.9. The second kappa shape index (κ2) is 11.0. The molecule has 0 saturated heterocycles. The van der Waals surface area contributed by atoms with Crippen LogP contribution in [0.25, 0.3) is 26.9 Å². The zero-order valence-electron chi connectivity index (χ0n) is 20.9. The Morgan fingerprint density at radius 3 is 2.61 bits per heavy atom. The number of hydrogen-bond donors (Lipinski definition) is 0. The molecule has 0 fully saturated rings. The maximum atomic E-state index is 12.0. The fourth-order valence-corrected chi connectivity index (χ4v) is 4.12. The van der Waals surface area contributed by atoms with Crippen LogP contribution in [0.5, 0.6) is 11.5 Å². The van der Waals surface area contributed by atoms with Gasteiger partial charge in [-0.05, 0) is 68.3 Å². The summed E-state index contributed by atoms with van der Waals surface area (Å²) in [6, 6.07) is 19.3. The van der Waals surface area contributed by atoms with Crippen LogP contribution >= 0.6 is 0 Å². The number of nitrogens with zero attached hydrogens (tertiary/aromatic N) is 3. The van der Waals surface area contributed by atoms with Crippen molar-refractivity contribution >= 4 is 22.6 Å². The van der Waals surface area contributed by atoms with Gasteiger partial charge in [-0.2, -0.15) is 5.10 Å². The molecule has 36 heavy (non-hydrogen) atoms. The third-order valence-electron chi connectivity index (χ3n) is 5.84. The fourth-order valence-electron chi connectivity index (χ4n) is 4.12. The Bertz CT molecular complexity index is 1430. The minimum atomic E-state index is -0.287. The summed E-state index contributed by atoms with van der Waals surface area (Å²) in [5.41, 5.74) is 4.93. The summed E-state index contributed by atoms with van der Waals surface area (Å²) < 4.78 is 18.7. The highest BCUT2D eigenvalue weighted by Crippen LogP contribution is 2.33. The lowest BCUT2D eigenvalue weighted by molar-refractivity contribution is -0.142. The number of carbonyl (C=O) groups is 1. The first-order chi connectivity index (χ1) is 17.4. The molecule has 0 aliphatic carbocycles. The van der Waals surface area contributed by atoms with Crippen molar-refractivity contribution in [3.05, 3.63) is 83.3 Å². The largest absolute Gasteiger partial charge is 0.498 e. The summed E-state index contributed by atoms with van der Waals surface area (Å²) in [6.45, 7) is 14.0. The predicted molar refractivity (Wildman–Crippen MR) is 139 cm³/mol. The van der Waals surface area contributed by atoms with Crippen LogP contribution in [0.15, 0.2) is 60.7 Å². The molecule has 4 rings (SSSR count). The molecule has 0 amide bonds. The van der Waals surface area contributed by atoms with Gasteiger partial charge >= 0.3 is 5.97 Å². The van der Waals surface area contributed by atoms with Crippen LogP contribution in [-0.4, -0.2) is 29.5 Å². The van der Waals surface area contributed by atoms with Crippen molar-refractivity contribution in [2.45, 2.75) is 39.8 Å². The van der Waals surface area contributed by atoms with Gasteiger partial charge in [0.1, 0.15) is 23.8 Å². The topological polar surface area (TPSA) is 66.9 Å². The Kier molecular flexibility index (Phi) is 7.55. The molecule has 3 aromatic carbocycles. The third kappa shape index (κ3) is 5.33. The summed E-state index contributed by atoms with van der Waals surface area (Å²) in [7, 11) is 1.60. The molecule has 0 radical (unpaired) electrons. The van der Waals surface area contributed by atoms with E-state index < -0.39 is 0 Å². The average molecular weight is 484 g/mol. The van der Waals surface area contributed by atoms with Crippen molar-refractivity contribution in [2.75, 3.05) is 13.7 Å². The molecule has 1 heterocycles. The maximum absolute atomic E-state index is 12.0. The van der Waals surface area contributed by atoms with E-state index in [9.17, 15) is 4.79 Å². The zero-order chi connectivity index (χ0) is 25.7. The van der Waals surface area contributed by atoms with E-state index in [1.807, 2.05) is 53.2 Å². The van der Waals surface area contributed by atoms with Gasteiger partial charge in [0, 0.05) is 17.0 Å². The highest BCUT2D eigenvalue weighted by Gasteiger charge is 2.16. The van der Waals surface area contributed by atoms with Crippen molar-refractivity contribution in [1.82, 2.24) is 9.78 Å². The third-order valence-corrected chi connectivity index (χ3v) is 5.84. The average Bonchev–Trinajstić information content (AvgIpc) is 3.26. The van der Waals surface area contributed by atoms with E-state index in [1.165, 1.54) is 0 Å². The van der Waals surface area contributed by atoms with Gasteiger partial charge < -0.3 is 14.2 Å². The number of para-hydroxylation sites is 1. The quantitative estimate of drug-likeness (QED) is 0.200. The second-order valence-corrected chi connectivity index (χ2v) is 8.63. The molecule has 0 bridgehead atoms. The van der Waals surface area contributed by atoms with Crippen molar-refractivity contribution < 1.29 is 19.0 Å². The van der Waals surface area contributed by atoms with Gasteiger partial charge in [0.15, 0.2) is 5.69 Å². The Labute approximate surface area is 211 Å². The molecule has 0 spiro atoms. The number of esters is 1.